The molecule has 0 saturated heterocycles. The number of carbonyl (C=O) groups is 2. The smallest absolute Gasteiger partial charge is 0.306 e. The fraction of sp³-hybridized carbons (Fsp3) is 0.200. The lowest BCUT2D eigenvalue weighted by Crippen LogP contribution is -2.43. The Balaban J connectivity index is 1.66. The number of alkyl halides is 3. The van der Waals surface area contributed by atoms with E-state index in [1.807, 2.05) is 0 Å². The molecule has 0 fully saturated rings. The lowest BCUT2D eigenvalue weighted by atomic mass is 10.1. The van der Waals surface area contributed by atoms with E-state index in [4.69, 9.17) is 0 Å². The second-order valence-electron chi connectivity index (χ2n) is 7.09. The second kappa shape index (κ2) is 7.70. The number of benzene rings is 1. The minimum Gasteiger partial charge on any atom is -0.306 e. The standard InChI is InChI=1S/C20H14F5N5O2/c1-10-9-29(12-3-4-14(15(22)6-12)20(23,24)25)19(32)17-13(8-27-30(10)17)18(31)28-16-5-2-11(21)7-26-16/h2-8,10H,9H2,1H3,(H,26,28,31). The maximum Gasteiger partial charge on any atom is 0.419 e. The van der Waals surface area contributed by atoms with Crippen LogP contribution >= 0.6 is 0 Å². The number of nitrogens with zero attached hydrogens (tertiary/aromatic N) is 4. The summed E-state index contributed by atoms with van der Waals surface area (Å²) in [7, 11) is 0. The first-order chi connectivity index (χ1) is 15.1. The van der Waals surface area contributed by atoms with Gasteiger partial charge in [0.1, 0.15) is 23.1 Å². The van der Waals surface area contributed by atoms with Gasteiger partial charge in [-0.2, -0.15) is 18.3 Å². The molecule has 3 aromatic rings. The van der Waals surface area contributed by atoms with Crippen LogP contribution in [-0.4, -0.2) is 33.1 Å². The molecule has 12 heteroatoms. The van der Waals surface area contributed by atoms with Gasteiger partial charge in [0, 0.05) is 12.2 Å². The van der Waals surface area contributed by atoms with Crippen molar-refractivity contribution in [1.29, 1.82) is 0 Å². The van der Waals surface area contributed by atoms with Gasteiger partial charge in [0.2, 0.25) is 0 Å². The van der Waals surface area contributed by atoms with Crippen molar-refractivity contribution in [3.05, 3.63) is 71.2 Å². The molecule has 0 saturated carbocycles. The fourth-order valence-corrected chi connectivity index (χ4v) is 3.39. The predicted octanol–water partition coefficient (Wildman–Crippen LogP) is 4.05. The van der Waals surface area contributed by atoms with Crippen LogP contribution in [0, 0.1) is 11.6 Å². The summed E-state index contributed by atoms with van der Waals surface area (Å²) in [6.45, 7) is 1.68. The number of fused-ring (bicyclic) bond motifs is 1. The van der Waals surface area contributed by atoms with Crippen LogP contribution in [0.15, 0.2) is 42.7 Å². The Hall–Kier alpha value is -3.83. The highest BCUT2D eigenvalue weighted by molar-refractivity contribution is 6.15. The number of halogens is 5. The van der Waals surface area contributed by atoms with Crippen LogP contribution in [0.2, 0.25) is 0 Å². The van der Waals surface area contributed by atoms with Crippen molar-refractivity contribution in [2.45, 2.75) is 19.1 Å². The Labute approximate surface area is 177 Å². The van der Waals surface area contributed by atoms with Crippen LogP contribution in [0.1, 0.15) is 39.4 Å². The number of hydrogen-bond acceptors (Lipinski definition) is 4. The SMILES string of the molecule is CC1CN(c2ccc(C(F)(F)F)c(F)c2)C(=O)c2c(C(=O)Nc3ccc(F)cn3)cnn21. The first kappa shape index (κ1) is 21.4. The minimum absolute atomic E-state index is 0.00110. The van der Waals surface area contributed by atoms with Crippen molar-refractivity contribution in [2.75, 3.05) is 16.8 Å². The Morgan fingerprint density at radius 1 is 1.16 bits per heavy atom. The van der Waals surface area contributed by atoms with Gasteiger partial charge in [0.05, 0.1) is 29.6 Å². The summed E-state index contributed by atoms with van der Waals surface area (Å²) in [6.07, 6.45) is -2.81. The van der Waals surface area contributed by atoms with Crippen molar-refractivity contribution in [3.63, 3.8) is 0 Å². The van der Waals surface area contributed by atoms with E-state index in [2.05, 4.69) is 15.4 Å². The Morgan fingerprint density at radius 2 is 1.91 bits per heavy atom. The number of carbonyl (C=O) groups excluding carboxylic acids is 2. The van der Waals surface area contributed by atoms with Crippen molar-refractivity contribution in [1.82, 2.24) is 14.8 Å². The molecule has 32 heavy (non-hydrogen) atoms. The van der Waals surface area contributed by atoms with Crippen LogP contribution in [0.5, 0.6) is 0 Å². The lowest BCUT2D eigenvalue weighted by molar-refractivity contribution is -0.139. The Kier molecular flexibility index (Phi) is 5.15. The summed E-state index contributed by atoms with van der Waals surface area (Å²) in [4.78, 5) is 30.6. The van der Waals surface area contributed by atoms with E-state index >= 15 is 0 Å². The third kappa shape index (κ3) is 3.79. The van der Waals surface area contributed by atoms with Gasteiger partial charge in [0.15, 0.2) is 0 Å². The summed E-state index contributed by atoms with van der Waals surface area (Å²) < 4.78 is 67.0. The summed E-state index contributed by atoms with van der Waals surface area (Å²) in [5.74, 6) is -3.57. The van der Waals surface area contributed by atoms with E-state index in [0.717, 1.165) is 23.2 Å². The van der Waals surface area contributed by atoms with Gasteiger partial charge in [0.25, 0.3) is 11.8 Å². The Morgan fingerprint density at radius 3 is 2.53 bits per heavy atom. The summed E-state index contributed by atoms with van der Waals surface area (Å²) in [5.41, 5.74) is -1.78. The number of pyridine rings is 1. The molecule has 3 heterocycles. The first-order valence-electron chi connectivity index (χ1n) is 9.25. The molecule has 0 radical (unpaired) electrons. The second-order valence-corrected chi connectivity index (χ2v) is 7.09. The highest BCUT2D eigenvalue weighted by Gasteiger charge is 2.37. The zero-order chi connectivity index (χ0) is 23.2. The highest BCUT2D eigenvalue weighted by Crippen LogP contribution is 2.35. The zero-order valence-corrected chi connectivity index (χ0v) is 16.3. The molecule has 0 bridgehead atoms. The predicted molar refractivity (Wildman–Crippen MR) is 102 cm³/mol. The van der Waals surface area contributed by atoms with Gasteiger partial charge in [-0.3, -0.25) is 14.3 Å². The van der Waals surface area contributed by atoms with Crippen LogP contribution < -0.4 is 10.2 Å². The monoisotopic (exact) mass is 451 g/mol. The van der Waals surface area contributed by atoms with Gasteiger partial charge < -0.3 is 10.2 Å². The van der Waals surface area contributed by atoms with Gasteiger partial charge >= 0.3 is 6.18 Å². The molecule has 0 spiro atoms. The van der Waals surface area contributed by atoms with Crippen molar-refractivity contribution >= 4 is 23.3 Å². The van der Waals surface area contributed by atoms with E-state index in [9.17, 15) is 31.5 Å². The molecule has 0 aliphatic carbocycles. The number of amides is 2. The van der Waals surface area contributed by atoms with E-state index in [1.54, 1.807) is 6.92 Å². The molecule has 166 valence electrons. The van der Waals surface area contributed by atoms with Gasteiger partial charge in [-0.1, -0.05) is 0 Å². The average Bonchev–Trinajstić information content (AvgIpc) is 3.17. The Bertz CT molecular complexity index is 1210. The summed E-state index contributed by atoms with van der Waals surface area (Å²) in [6, 6.07) is 4.03. The summed E-state index contributed by atoms with van der Waals surface area (Å²) >= 11 is 0. The number of aromatic nitrogens is 3. The third-order valence-corrected chi connectivity index (χ3v) is 4.89. The molecule has 7 nitrogen and oxygen atoms in total. The van der Waals surface area contributed by atoms with Crippen LogP contribution in [0.25, 0.3) is 0 Å². The molecule has 2 amide bonds. The van der Waals surface area contributed by atoms with E-state index < -0.39 is 41.2 Å². The number of rotatable bonds is 3. The summed E-state index contributed by atoms with van der Waals surface area (Å²) in [5, 5.41) is 6.48. The van der Waals surface area contributed by atoms with Crippen LogP contribution in [0.3, 0.4) is 0 Å². The van der Waals surface area contributed by atoms with Crippen molar-refractivity contribution < 1.29 is 31.5 Å². The number of hydrogen-bond donors (Lipinski definition) is 1. The molecule has 1 N–H and O–H groups in total. The topological polar surface area (TPSA) is 80.1 Å². The van der Waals surface area contributed by atoms with Crippen molar-refractivity contribution in [3.8, 4) is 0 Å². The lowest BCUT2D eigenvalue weighted by Gasteiger charge is -2.32. The average molecular weight is 451 g/mol. The quantitative estimate of drug-likeness (QED) is 0.610. The molecule has 1 unspecified atom stereocenters. The normalized spacial score (nSPS) is 16.1. The maximum absolute atomic E-state index is 14.1. The first-order valence-corrected chi connectivity index (χ1v) is 9.25. The number of nitrogens with one attached hydrogen (secondary N) is 1. The van der Waals surface area contributed by atoms with Gasteiger partial charge in [-0.25, -0.2) is 13.8 Å². The van der Waals surface area contributed by atoms with Gasteiger partial charge in [-0.15, -0.1) is 0 Å². The van der Waals surface area contributed by atoms with E-state index in [0.29, 0.717) is 12.1 Å². The molecule has 1 atom stereocenters. The molecular weight excluding hydrogens is 437 g/mol. The highest BCUT2D eigenvalue weighted by atomic mass is 19.4. The molecule has 2 aromatic heterocycles. The third-order valence-electron chi connectivity index (χ3n) is 4.89. The van der Waals surface area contributed by atoms with E-state index in [1.165, 1.54) is 16.9 Å². The maximum atomic E-state index is 14.1. The minimum atomic E-state index is -4.87. The van der Waals surface area contributed by atoms with Crippen molar-refractivity contribution in [2.24, 2.45) is 0 Å². The molecule has 1 aromatic carbocycles. The fourth-order valence-electron chi connectivity index (χ4n) is 3.39. The van der Waals surface area contributed by atoms with Gasteiger partial charge in [-0.05, 0) is 37.3 Å². The van der Waals surface area contributed by atoms with E-state index in [-0.39, 0.29) is 29.3 Å². The molecule has 1 aliphatic heterocycles. The van der Waals surface area contributed by atoms with Crippen LogP contribution in [0.4, 0.5) is 33.5 Å². The zero-order valence-electron chi connectivity index (χ0n) is 16.3. The molecule has 4 rings (SSSR count). The molecular formula is C20H14F5N5O2. The largest absolute Gasteiger partial charge is 0.419 e. The number of anilines is 2. The molecule has 1 aliphatic rings. The van der Waals surface area contributed by atoms with Crippen LogP contribution in [-0.2, 0) is 6.18 Å².